The van der Waals surface area contributed by atoms with E-state index in [-0.39, 0.29) is 5.91 Å². The van der Waals surface area contributed by atoms with E-state index in [1.807, 2.05) is 52.2 Å². The first-order chi connectivity index (χ1) is 13.3. The fourth-order valence-corrected chi connectivity index (χ4v) is 4.05. The van der Waals surface area contributed by atoms with Crippen LogP contribution < -0.4 is 0 Å². The zero-order chi connectivity index (χ0) is 18.2. The fraction of sp³-hybridized carbons (Fsp3) is 0.286. The van der Waals surface area contributed by atoms with Gasteiger partial charge in [0.1, 0.15) is 12.4 Å². The van der Waals surface area contributed by atoms with Gasteiger partial charge in [-0.15, -0.1) is 10.2 Å². The summed E-state index contributed by atoms with van der Waals surface area (Å²) in [6, 6.07) is 16.2. The lowest BCUT2D eigenvalue weighted by atomic mass is 9.96. The van der Waals surface area contributed by atoms with E-state index < -0.39 is 0 Å². The molecule has 0 atom stereocenters. The molecule has 1 aliphatic heterocycles. The van der Waals surface area contributed by atoms with Gasteiger partial charge >= 0.3 is 0 Å². The fourth-order valence-electron chi connectivity index (χ4n) is 4.05. The Labute approximate surface area is 157 Å². The summed E-state index contributed by atoms with van der Waals surface area (Å²) in [6.07, 6.45) is 5.86. The number of rotatable bonds is 3. The Bertz CT molecular complexity index is 1100. The highest BCUT2D eigenvalue weighted by Gasteiger charge is 2.27. The van der Waals surface area contributed by atoms with Crippen LogP contribution in [0.5, 0.6) is 0 Å². The maximum Gasteiger partial charge on any atom is 0.242 e. The van der Waals surface area contributed by atoms with Crippen molar-refractivity contribution in [1.82, 2.24) is 24.1 Å². The number of carbonyl (C=O) groups excluding carboxylic acids is 1. The number of amides is 1. The average molecular weight is 359 g/mol. The van der Waals surface area contributed by atoms with E-state index >= 15 is 0 Å². The van der Waals surface area contributed by atoms with Gasteiger partial charge < -0.3 is 9.47 Å². The first kappa shape index (κ1) is 16.1. The molecule has 0 N–H and O–H groups in total. The summed E-state index contributed by atoms with van der Waals surface area (Å²) in [4.78, 5) is 14.8. The molecule has 6 nitrogen and oxygen atoms in total. The van der Waals surface area contributed by atoms with Crippen molar-refractivity contribution >= 4 is 22.5 Å². The molecule has 0 aliphatic carbocycles. The van der Waals surface area contributed by atoms with Crippen LogP contribution in [0.3, 0.4) is 0 Å². The summed E-state index contributed by atoms with van der Waals surface area (Å²) in [5, 5.41) is 9.81. The molecule has 0 unspecified atom stereocenters. The van der Waals surface area contributed by atoms with Gasteiger partial charge in [0.25, 0.3) is 0 Å². The van der Waals surface area contributed by atoms with Crippen LogP contribution in [0.4, 0.5) is 0 Å². The van der Waals surface area contributed by atoms with Crippen LogP contribution in [0.15, 0.2) is 60.9 Å². The lowest BCUT2D eigenvalue weighted by Gasteiger charge is -2.31. The molecule has 3 aromatic heterocycles. The topological polar surface area (TPSA) is 55.4 Å². The highest BCUT2D eigenvalue weighted by atomic mass is 16.2. The Balaban J connectivity index is 1.27. The van der Waals surface area contributed by atoms with Gasteiger partial charge in [-0.2, -0.15) is 0 Å². The van der Waals surface area contributed by atoms with Gasteiger partial charge in [0, 0.05) is 36.9 Å². The second-order valence-corrected chi connectivity index (χ2v) is 7.14. The molecule has 5 rings (SSSR count). The van der Waals surface area contributed by atoms with Crippen molar-refractivity contribution in [3.05, 3.63) is 66.7 Å². The maximum atomic E-state index is 12.8. The van der Waals surface area contributed by atoms with Gasteiger partial charge in [-0.3, -0.25) is 9.20 Å². The summed E-state index contributed by atoms with van der Waals surface area (Å²) in [7, 11) is 0. The van der Waals surface area contributed by atoms with Crippen LogP contribution in [-0.2, 0) is 11.3 Å². The van der Waals surface area contributed by atoms with E-state index in [0.717, 1.165) is 42.9 Å². The van der Waals surface area contributed by atoms with E-state index in [9.17, 15) is 4.79 Å². The standard InChI is InChI=1S/C21H21N5O/c27-20(15-25-14-8-16-5-1-2-6-18(16)25)24-12-9-17(10-13-24)21-23-22-19-7-3-4-11-26(19)21/h1-8,11,14,17H,9-10,12-13,15H2. The molecule has 1 fully saturated rings. The Morgan fingerprint density at radius 1 is 0.963 bits per heavy atom. The van der Waals surface area contributed by atoms with E-state index in [1.54, 1.807) is 0 Å². The second-order valence-electron chi connectivity index (χ2n) is 7.14. The largest absolute Gasteiger partial charge is 0.341 e. The molecule has 4 aromatic rings. The lowest BCUT2D eigenvalue weighted by Crippen LogP contribution is -2.40. The molecule has 0 spiro atoms. The summed E-state index contributed by atoms with van der Waals surface area (Å²) in [6.45, 7) is 1.93. The molecule has 6 heteroatoms. The van der Waals surface area contributed by atoms with Crippen molar-refractivity contribution < 1.29 is 4.79 Å². The molecule has 0 saturated carbocycles. The number of piperidine rings is 1. The summed E-state index contributed by atoms with van der Waals surface area (Å²) in [5.74, 6) is 1.54. The number of fused-ring (bicyclic) bond motifs is 2. The third kappa shape index (κ3) is 2.87. The SMILES string of the molecule is O=C(Cn1ccc2ccccc21)N1CCC(c2nnc3ccccn23)CC1. The van der Waals surface area contributed by atoms with Crippen molar-refractivity contribution in [2.24, 2.45) is 0 Å². The summed E-state index contributed by atoms with van der Waals surface area (Å²) >= 11 is 0. The van der Waals surface area contributed by atoms with Gasteiger partial charge in [0.05, 0.1) is 0 Å². The van der Waals surface area contributed by atoms with Crippen LogP contribution in [0, 0.1) is 0 Å². The van der Waals surface area contributed by atoms with Crippen LogP contribution in [0.1, 0.15) is 24.6 Å². The minimum absolute atomic E-state index is 0.181. The zero-order valence-corrected chi connectivity index (χ0v) is 15.0. The molecule has 1 amide bonds. The number of hydrogen-bond acceptors (Lipinski definition) is 3. The van der Waals surface area contributed by atoms with E-state index in [2.05, 4.69) is 32.8 Å². The van der Waals surface area contributed by atoms with Crippen molar-refractivity contribution in [1.29, 1.82) is 0 Å². The third-order valence-corrected chi connectivity index (χ3v) is 5.54. The molecule has 0 radical (unpaired) electrons. The Kier molecular flexibility index (Phi) is 3.89. The molecule has 1 saturated heterocycles. The molecule has 1 aliphatic rings. The van der Waals surface area contributed by atoms with Gasteiger partial charge in [-0.25, -0.2) is 0 Å². The van der Waals surface area contributed by atoms with Gasteiger partial charge in [0.2, 0.25) is 5.91 Å². The highest BCUT2D eigenvalue weighted by molar-refractivity contribution is 5.83. The number of para-hydroxylation sites is 1. The highest BCUT2D eigenvalue weighted by Crippen LogP contribution is 2.27. The summed E-state index contributed by atoms with van der Waals surface area (Å²) in [5.41, 5.74) is 1.99. The maximum absolute atomic E-state index is 12.8. The van der Waals surface area contributed by atoms with Crippen molar-refractivity contribution in [2.75, 3.05) is 13.1 Å². The predicted octanol–water partition coefficient (Wildman–Crippen LogP) is 3.09. The normalized spacial score (nSPS) is 15.6. The van der Waals surface area contributed by atoms with Crippen LogP contribution in [0.25, 0.3) is 16.6 Å². The Morgan fingerprint density at radius 3 is 2.67 bits per heavy atom. The lowest BCUT2D eigenvalue weighted by molar-refractivity contribution is -0.132. The molecule has 4 heterocycles. The first-order valence-corrected chi connectivity index (χ1v) is 9.41. The molecule has 0 bridgehead atoms. The number of likely N-dealkylation sites (tertiary alicyclic amines) is 1. The molecular formula is C21H21N5O. The minimum atomic E-state index is 0.181. The second kappa shape index (κ2) is 6.54. The zero-order valence-electron chi connectivity index (χ0n) is 15.0. The Hall–Kier alpha value is -3.15. The molecule has 136 valence electrons. The number of hydrogen-bond donors (Lipinski definition) is 0. The van der Waals surface area contributed by atoms with Crippen LogP contribution in [-0.4, -0.2) is 43.1 Å². The first-order valence-electron chi connectivity index (χ1n) is 9.41. The third-order valence-electron chi connectivity index (χ3n) is 5.54. The van der Waals surface area contributed by atoms with Gasteiger partial charge in [0.15, 0.2) is 5.65 Å². The Morgan fingerprint density at radius 2 is 1.78 bits per heavy atom. The van der Waals surface area contributed by atoms with E-state index in [1.165, 1.54) is 5.39 Å². The molecule has 1 aromatic carbocycles. The van der Waals surface area contributed by atoms with E-state index in [4.69, 9.17) is 0 Å². The average Bonchev–Trinajstić information content (AvgIpc) is 3.33. The number of pyridine rings is 1. The van der Waals surface area contributed by atoms with Crippen molar-refractivity contribution in [3.63, 3.8) is 0 Å². The number of aromatic nitrogens is 4. The molecular weight excluding hydrogens is 338 g/mol. The van der Waals surface area contributed by atoms with Gasteiger partial charge in [-0.05, 0) is 42.5 Å². The monoisotopic (exact) mass is 359 g/mol. The number of benzene rings is 1. The van der Waals surface area contributed by atoms with Crippen LogP contribution in [0.2, 0.25) is 0 Å². The predicted molar refractivity (Wildman–Crippen MR) is 103 cm³/mol. The number of carbonyl (C=O) groups is 1. The summed E-state index contributed by atoms with van der Waals surface area (Å²) < 4.78 is 4.10. The molecule has 27 heavy (non-hydrogen) atoms. The minimum Gasteiger partial charge on any atom is -0.341 e. The smallest absolute Gasteiger partial charge is 0.242 e. The number of nitrogens with zero attached hydrogens (tertiary/aromatic N) is 5. The van der Waals surface area contributed by atoms with Gasteiger partial charge in [-0.1, -0.05) is 24.3 Å². The van der Waals surface area contributed by atoms with Crippen molar-refractivity contribution in [2.45, 2.75) is 25.3 Å². The van der Waals surface area contributed by atoms with E-state index in [0.29, 0.717) is 12.5 Å². The van der Waals surface area contributed by atoms with Crippen LogP contribution >= 0.6 is 0 Å². The van der Waals surface area contributed by atoms with Crippen molar-refractivity contribution in [3.8, 4) is 0 Å². The quantitative estimate of drug-likeness (QED) is 0.565.